The Morgan fingerprint density at radius 2 is 2.00 bits per heavy atom. The van der Waals surface area contributed by atoms with Gasteiger partial charge in [-0.2, -0.15) is 4.68 Å². The molecule has 17 heavy (non-hydrogen) atoms. The second-order valence-electron chi connectivity index (χ2n) is 3.71. The molecule has 2 N–H and O–H groups in total. The fraction of sp³-hybridized carbons (Fsp3) is 0.0909. The lowest BCUT2D eigenvalue weighted by Gasteiger charge is -2.03. The summed E-state index contributed by atoms with van der Waals surface area (Å²) in [5, 5.41) is 8.20. The molecule has 0 radical (unpaired) electrons. The van der Waals surface area contributed by atoms with E-state index in [1.165, 1.54) is 0 Å². The van der Waals surface area contributed by atoms with Crippen LogP contribution in [0.4, 0.5) is 5.82 Å². The zero-order chi connectivity index (χ0) is 11.8. The van der Waals surface area contributed by atoms with Crippen molar-refractivity contribution >= 4 is 16.9 Å². The lowest BCUT2D eigenvalue weighted by Crippen LogP contribution is -2.05. The van der Waals surface area contributed by atoms with E-state index in [4.69, 9.17) is 5.73 Å². The lowest BCUT2D eigenvalue weighted by molar-refractivity contribution is 0.798. The minimum absolute atomic E-state index is 0.334. The molecule has 84 valence electrons. The standard InChI is InChI=1S/C11H10N6/c1-7-3-2-4-8-9(7)15-16-17(8)11-10(12)13-5-6-14-11/h2-6H,1H3,(H2,12,13). The number of hydrogen-bond donors (Lipinski definition) is 1. The summed E-state index contributed by atoms with van der Waals surface area (Å²) in [7, 11) is 0. The number of anilines is 1. The Morgan fingerprint density at radius 1 is 1.18 bits per heavy atom. The SMILES string of the molecule is Cc1cccc2c1nnn2-c1nccnc1N. The van der Waals surface area contributed by atoms with E-state index in [0.29, 0.717) is 11.6 Å². The van der Waals surface area contributed by atoms with Crippen molar-refractivity contribution in [3.05, 3.63) is 36.2 Å². The summed E-state index contributed by atoms with van der Waals surface area (Å²) < 4.78 is 1.60. The highest BCUT2D eigenvalue weighted by atomic mass is 15.4. The molecular formula is C11H10N6. The number of nitrogens with zero attached hydrogens (tertiary/aromatic N) is 5. The third kappa shape index (κ3) is 1.42. The van der Waals surface area contributed by atoms with Gasteiger partial charge < -0.3 is 5.73 Å². The topological polar surface area (TPSA) is 82.5 Å². The van der Waals surface area contributed by atoms with Gasteiger partial charge in [0.15, 0.2) is 11.6 Å². The van der Waals surface area contributed by atoms with E-state index in [-0.39, 0.29) is 0 Å². The molecule has 0 aliphatic carbocycles. The fourth-order valence-electron chi connectivity index (χ4n) is 1.74. The van der Waals surface area contributed by atoms with Gasteiger partial charge in [0, 0.05) is 12.4 Å². The quantitative estimate of drug-likeness (QED) is 0.671. The Bertz CT molecular complexity index is 687. The van der Waals surface area contributed by atoms with Gasteiger partial charge in [-0.05, 0) is 18.6 Å². The maximum Gasteiger partial charge on any atom is 0.198 e. The number of rotatable bonds is 1. The Balaban J connectivity index is 2.33. The number of aromatic nitrogens is 5. The Kier molecular flexibility index (Phi) is 2.01. The van der Waals surface area contributed by atoms with Crippen molar-refractivity contribution in [1.29, 1.82) is 0 Å². The average Bonchev–Trinajstić information content (AvgIpc) is 2.75. The largest absolute Gasteiger partial charge is 0.381 e. The molecule has 0 aliphatic heterocycles. The minimum atomic E-state index is 0.334. The number of benzene rings is 1. The highest BCUT2D eigenvalue weighted by Crippen LogP contribution is 2.19. The molecule has 0 saturated carbocycles. The van der Waals surface area contributed by atoms with Crippen molar-refractivity contribution in [3.8, 4) is 5.82 Å². The number of fused-ring (bicyclic) bond motifs is 1. The normalized spacial score (nSPS) is 10.9. The van der Waals surface area contributed by atoms with Crippen LogP contribution in [0.3, 0.4) is 0 Å². The van der Waals surface area contributed by atoms with Gasteiger partial charge in [-0.1, -0.05) is 17.3 Å². The van der Waals surface area contributed by atoms with Crippen molar-refractivity contribution in [2.24, 2.45) is 0 Å². The van der Waals surface area contributed by atoms with Crippen LogP contribution in [0.25, 0.3) is 16.9 Å². The maximum atomic E-state index is 5.78. The summed E-state index contributed by atoms with van der Waals surface area (Å²) in [6.07, 6.45) is 3.12. The van der Waals surface area contributed by atoms with Gasteiger partial charge in [0.2, 0.25) is 0 Å². The molecule has 0 saturated heterocycles. The van der Waals surface area contributed by atoms with Crippen molar-refractivity contribution < 1.29 is 0 Å². The predicted molar refractivity (Wildman–Crippen MR) is 63.6 cm³/mol. The first-order valence-electron chi connectivity index (χ1n) is 5.15. The molecule has 2 aromatic heterocycles. The summed E-state index contributed by atoms with van der Waals surface area (Å²) in [5.41, 5.74) is 8.56. The number of nitrogen functional groups attached to an aromatic ring is 1. The van der Waals surface area contributed by atoms with Gasteiger partial charge in [-0.25, -0.2) is 9.97 Å². The van der Waals surface area contributed by atoms with Gasteiger partial charge in [0.1, 0.15) is 5.52 Å². The van der Waals surface area contributed by atoms with Crippen LogP contribution >= 0.6 is 0 Å². The molecule has 6 nitrogen and oxygen atoms in total. The number of nitrogens with two attached hydrogens (primary N) is 1. The summed E-state index contributed by atoms with van der Waals surface area (Å²) in [5.74, 6) is 0.835. The van der Waals surface area contributed by atoms with Crippen LogP contribution in [0.2, 0.25) is 0 Å². The molecule has 0 aliphatic rings. The maximum absolute atomic E-state index is 5.78. The van der Waals surface area contributed by atoms with Gasteiger partial charge in [0.25, 0.3) is 0 Å². The first-order chi connectivity index (χ1) is 8.27. The van der Waals surface area contributed by atoms with E-state index in [2.05, 4.69) is 20.3 Å². The zero-order valence-electron chi connectivity index (χ0n) is 9.20. The van der Waals surface area contributed by atoms with Crippen LogP contribution < -0.4 is 5.73 Å². The minimum Gasteiger partial charge on any atom is -0.381 e. The lowest BCUT2D eigenvalue weighted by atomic mass is 10.2. The molecule has 0 unspecified atom stereocenters. The number of aryl methyl sites for hydroxylation is 1. The molecule has 6 heteroatoms. The highest BCUT2D eigenvalue weighted by molar-refractivity contribution is 5.79. The monoisotopic (exact) mass is 226 g/mol. The Hall–Kier alpha value is -2.50. The van der Waals surface area contributed by atoms with Crippen molar-refractivity contribution in [2.75, 3.05) is 5.73 Å². The summed E-state index contributed by atoms with van der Waals surface area (Å²) in [4.78, 5) is 8.16. The molecule has 0 amide bonds. The average molecular weight is 226 g/mol. The second kappa shape index (κ2) is 3.51. The first kappa shape index (κ1) is 9.71. The smallest absolute Gasteiger partial charge is 0.198 e. The summed E-state index contributed by atoms with van der Waals surface area (Å²) in [6.45, 7) is 1.99. The highest BCUT2D eigenvalue weighted by Gasteiger charge is 2.11. The van der Waals surface area contributed by atoms with Crippen LogP contribution in [0.5, 0.6) is 0 Å². The van der Waals surface area contributed by atoms with E-state index in [0.717, 1.165) is 16.6 Å². The predicted octanol–water partition coefficient (Wildman–Crippen LogP) is 1.10. The van der Waals surface area contributed by atoms with E-state index in [1.54, 1.807) is 17.1 Å². The molecule has 3 rings (SSSR count). The molecule has 0 spiro atoms. The van der Waals surface area contributed by atoms with Crippen molar-refractivity contribution in [1.82, 2.24) is 25.0 Å². The van der Waals surface area contributed by atoms with Crippen LogP contribution in [0, 0.1) is 6.92 Å². The molecule has 0 atom stereocenters. The third-order valence-electron chi connectivity index (χ3n) is 2.59. The molecule has 0 bridgehead atoms. The molecule has 2 heterocycles. The van der Waals surface area contributed by atoms with Gasteiger partial charge in [-0.3, -0.25) is 0 Å². The zero-order valence-corrected chi connectivity index (χ0v) is 9.20. The third-order valence-corrected chi connectivity index (χ3v) is 2.59. The van der Waals surface area contributed by atoms with Crippen LogP contribution in [0.1, 0.15) is 5.56 Å². The van der Waals surface area contributed by atoms with Crippen molar-refractivity contribution in [2.45, 2.75) is 6.92 Å². The van der Waals surface area contributed by atoms with Crippen molar-refractivity contribution in [3.63, 3.8) is 0 Å². The molecular weight excluding hydrogens is 216 g/mol. The molecule has 0 fully saturated rings. The first-order valence-corrected chi connectivity index (χ1v) is 5.15. The Morgan fingerprint density at radius 3 is 2.82 bits per heavy atom. The molecule has 3 aromatic rings. The van der Waals surface area contributed by atoms with Crippen LogP contribution in [-0.2, 0) is 0 Å². The van der Waals surface area contributed by atoms with Gasteiger partial charge in [0.05, 0.1) is 5.52 Å². The van der Waals surface area contributed by atoms with Crippen LogP contribution in [-0.4, -0.2) is 25.0 Å². The second-order valence-corrected chi connectivity index (χ2v) is 3.71. The van der Waals surface area contributed by atoms with E-state index in [1.807, 2.05) is 25.1 Å². The van der Waals surface area contributed by atoms with Gasteiger partial charge in [-0.15, -0.1) is 5.10 Å². The fourth-order valence-corrected chi connectivity index (χ4v) is 1.74. The Labute approximate surface area is 97.1 Å². The van der Waals surface area contributed by atoms with Crippen LogP contribution in [0.15, 0.2) is 30.6 Å². The van der Waals surface area contributed by atoms with E-state index >= 15 is 0 Å². The molecule has 1 aromatic carbocycles. The summed E-state index contributed by atoms with van der Waals surface area (Å²) >= 11 is 0. The van der Waals surface area contributed by atoms with E-state index < -0.39 is 0 Å². The summed E-state index contributed by atoms with van der Waals surface area (Å²) in [6, 6.07) is 5.86. The number of hydrogen-bond acceptors (Lipinski definition) is 5. The van der Waals surface area contributed by atoms with Gasteiger partial charge >= 0.3 is 0 Å². The van der Waals surface area contributed by atoms with E-state index in [9.17, 15) is 0 Å².